The summed E-state index contributed by atoms with van der Waals surface area (Å²) in [6, 6.07) is 21.3. The Morgan fingerprint density at radius 3 is 2.55 bits per heavy atom. The van der Waals surface area contributed by atoms with Crippen LogP contribution < -0.4 is 5.32 Å². The van der Waals surface area contributed by atoms with E-state index in [4.69, 9.17) is 4.98 Å². The van der Waals surface area contributed by atoms with E-state index in [0.29, 0.717) is 17.9 Å². The highest BCUT2D eigenvalue weighted by Crippen LogP contribution is 2.30. The van der Waals surface area contributed by atoms with Gasteiger partial charge in [-0.05, 0) is 36.2 Å². The van der Waals surface area contributed by atoms with Crippen LogP contribution in [0.1, 0.15) is 21.5 Å². The second-order valence-electron chi connectivity index (χ2n) is 7.30. The first-order chi connectivity index (χ1) is 15.2. The minimum atomic E-state index is -0.187. The highest BCUT2D eigenvalue weighted by atomic mass is 16.1. The molecule has 0 radical (unpaired) electrons. The normalized spacial score (nSPS) is 11.0. The molecule has 7 heteroatoms. The number of amides is 1. The molecule has 5 rings (SSSR count). The van der Waals surface area contributed by atoms with E-state index in [9.17, 15) is 4.79 Å². The molecule has 31 heavy (non-hydrogen) atoms. The average molecular weight is 408 g/mol. The first kappa shape index (κ1) is 18.7. The molecule has 2 aromatic carbocycles. The molecule has 3 aromatic heterocycles. The van der Waals surface area contributed by atoms with Crippen LogP contribution in [0.15, 0.2) is 85.6 Å². The van der Waals surface area contributed by atoms with Crippen molar-refractivity contribution in [3.8, 4) is 11.3 Å². The molecule has 152 valence electrons. The lowest BCUT2D eigenvalue weighted by atomic mass is 10.1. The molecule has 0 spiro atoms. The van der Waals surface area contributed by atoms with E-state index in [1.165, 1.54) is 6.33 Å². The summed E-state index contributed by atoms with van der Waals surface area (Å²) in [5, 5.41) is 7.18. The number of anilines is 1. The van der Waals surface area contributed by atoms with Crippen molar-refractivity contribution in [1.29, 1.82) is 0 Å². The van der Waals surface area contributed by atoms with Gasteiger partial charge in [0.05, 0.1) is 6.54 Å². The van der Waals surface area contributed by atoms with Crippen molar-refractivity contribution in [1.82, 2.24) is 24.1 Å². The van der Waals surface area contributed by atoms with Crippen LogP contribution >= 0.6 is 0 Å². The third-order valence-electron chi connectivity index (χ3n) is 5.15. The van der Waals surface area contributed by atoms with Gasteiger partial charge in [0.1, 0.15) is 29.8 Å². The van der Waals surface area contributed by atoms with Crippen LogP contribution in [-0.2, 0) is 6.54 Å². The Kier molecular flexibility index (Phi) is 4.76. The molecule has 0 aliphatic rings. The van der Waals surface area contributed by atoms with Crippen molar-refractivity contribution < 1.29 is 4.79 Å². The smallest absolute Gasteiger partial charge is 0.256 e. The van der Waals surface area contributed by atoms with Crippen molar-refractivity contribution in [2.24, 2.45) is 0 Å². The molecule has 0 aliphatic heterocycles. The van der Waals surface area contributed by atoms with E-state index in [-0.39, 0.29) is 5.91 Å². The topological polar surface area (TPSA) is 77.1 Å². The Hall–Kier alpha value is -4.26. The van der Waals surface area contributed by atoms with Crippen molar-refractivity contribution in [2.75, 3.05) is 5.32 Å². The molecule has 1 amide bonds. The molecule has 7 nitrogen and oxygen atoms in total. The zero-order valence-electron chi connectivity index (χ0n) is 16.9. The summed E-state index contributed by atoms with van der Waals surface area (Å²) in [7, 11) is 0. The molecule has 5 aromatic rings. The largest absolute Gasteiger partial charge is 0.306 e. The number of imidazole rings is 1. The summed E-state index contributed by atoms with van der Waals surface area (Å²) in [4.78, 5) is 21.8. The standard InChI is InChI=1S/C24H20N6O/c1-17-6-5-13-30-22(17)27-21(19-7-3-2-4-8-19)23(30)28-24(31)20-11-9-18(10-12-20)14-29-16-25-15-26-29/h2-13,15-16H,14H2,1H3,(H,28,31). The summed E-state index contributed by atoms with van der Waals surface area (Å²) in [5.41, 5.74) is 5.16. The van der Waals surface area contributed by atoms with Gasteiger partial charge in [0.2, 0.25) is 0 Å². The van der Waals surface area contributed by atoms with Gasteiger partial charge in [-0.15, -0.1) is 0 Å². The predicted molar refractivity (Wildman–Crippen MR) is 119 cm³/mol. The molecule has 0 saturated carbocycles. The molecule has 0 saturated heterocycles. The maximum atomic E-state index is 13.1. The molecule has 3 heterocycles. The SMILES string of the molecule is Cc1cccn2c(NC(=O)c3ccc(Cn4cncn4)cc3)c(-c3ccccc3)nc12. The number of pyridine rings is 1. The first-order valence-electron chi connectivity index (χ1n) is 9.95. The van der Waals surface area contributed by atoms with Gasteiger partial charge in [-0.1, -0.05) is 48.5 Å². The third kappa shape index (κ3) is 3.69. The van der Waals surface area contributed by atoms with Crippen LogP contribution in [-0.4, -0.2) is 30.1 Å². The number of aryl methyl sites for hydroxylation is 1. The van der Waals surface area contributed by atoms with Crippen molar-refractivity contribution >= 4 is 17.4 Å². The van der Waals surface area contributed by atoms with Gasteiger partial charge in [-0.2, -0.15) is 5.10 Å². The van der Waals surface area contributed by atoms with E-state index in [1.807, 2.05) is 84.3 Å². The van der Waals surface area contributed by atoms with Gasteiger partial charge >= 0.3 is 0 Å². The molecule has 0 unspecified atom stereocenters. The van der Waals surface area contributed by atoms with Gasteiger partial charge < -0.3 is 5.32 Å². The molecule has 0 aliphatic carbocycles. The number of nitrogens with zero attached hydrogens (tertiary/aromatic N) is 5. The fourth-order valence-corrected chi connectivity index (χ4v) is 3.56. The number of hydrogen-bond acceptors (Lipinski definition) is 4. The van der Waals surface area contributed by atoms with Crippen LogP contribution in [0, 0.1) is 6.92 Å². The lowest BCUT2D eigenvalue weighted by Gasteiger charge is -2.09. The number of carbonyl (C=O) groups excluding carboxylic acids is 1. The quantitative estimate of drug-likeness (QED) is 0.473. The molecule has 0 bridgehead atoms. The van der Waals surface area contributed by atoms with E-state index < -0.39 is 0 Å². The van der Waals surface area contributed by atoms with Gasteiger partial charge in [-0.25, -0.2) is 14.6 Å². The second kappa shape index (κ2) is 7.87. The Bertz CT molecular complexity index is 1340. The number of nitrogens with one attached hydrogen (secondary N) is 1. The first-order valence-corrected chi connectivity index (χ1v) is 9.95. The number of benzene rings is 2. The predicted octanol–water partition coefficient (Wildman–Crippen LogP) is 4.20. The van der Waals surface area contributed by atoms with Crippen LogP contribution in [0.2, 0.25) is 0 Å². The Morgan fingerprint density at radius 1 is 1.00 bits per heavy atom. The summed E-state index contributed by atoms with van der Waals surface area (Å²) in [5.74, 6) is 0.467. The molecule has 1 N–H and O–H groups in total. The van der Waals surface area contributed by atoms with E-state index in [1.54, 1.807) is 11.0 Å². The van der Waals surface area contributed by atoms with Crippen molar-refractivity contribution in [3.05, 3.63) is 102 Å². The Morgan fingerprint density at radius 2 is 1.81 bits per heavy atom. The van der Waals surface area contributed by atoms with Crippen LogP contribution in [0.3, 0.4) is 0 Å². The lowest BCUT2D eigenvalue weighted by Crippen LogP contribution is -2.14. The van der Waals surface area contributed by atoms with E-state index >= 15 is 0 Å². The number of carbonyl (C=O) groups is 1. The summed E-state index contributed by atoms with van der Waals surface area (Å²) in [6.07, 6.45) is 5.08. The Labute approximate surface area is 179 Å². The van der Waals surface area contributed by atoms with Gasteiger partial charge in [0.25, 0.3) is 5.91 Å². The monoisotopic (exact) mass is 408 g/mol. The average Bonchev–Trinajstić information content (AvgIpc) is 3.44. The second-order valence-corrected chi connectivity index (χ2v) is 7.30. The van der Waals surface area contributed by atoms with Gasteiger partial charge in [-0.3, -0.25) is 9.20 Å². The lowest BCUT2D eigenvalue weighted by molar-refractivity contribution is 0.102. The van der Waals surface area contributed by atoms with Crippen LogP contribution in [0.5, 0.6) is 0 Å². The van der Waals surface area contributed by atoms with E-state index in [2.05, 4.69) is 15.4 Å². The van der Waals surface area contributed by atoms with Crippen LogP contribution in [0.25, 0.3) is 16.9 Å². The van der Waals surface area contributed by atoms with Crippen LogP contribution in [0.4, 0.5) is 5.82 Å². The fraction of sp³-hybridized carbons (Fsp3) is 0.0833. The summed E-state index contributed by atoms with van der Waals surface area (Å²) >= 11 is 0. The summed E-state index contributed by atoms with van der Waals surface area (Å²) in [6.45, 7) is 2.61. The zero-order valence-corrected chi connectivity index (χ0v) is 16.9. The molecule has 0 atom stereocenters. The third-order valence-corrected chi connectivity index (χ3v) is 5.15. The molecule has 0 fully saturated rings. The number of hydrogen-bond donors (Lipinski definition) is 1. The molecular weight excluding hydrogens is 388 g/mol. The minimum absolute atomic E-state index is 0.187. The maximum Gasteiger partial charge on any atom is 0.256 e. The number of fused-ring (bicyclic) bond motifs is 1. The molecular formula is C24H20N6O. The maximum absolute atomic E-state index is 13.1. The van der Waals surface area contributed by atoms with Crippen molar-refractivity contribution in [3.63, 3.8) is 0 Å². The highest BCUT2D eigenvalue weighted by Gasteiger charge is 2.18. The minimum Gasteiger partial charge on any atom is -0.306 e. The highest BCUT2D eigenvalue weighted by molar-refractivity contribution is 6.05. The van der Waals surface area contributed by atoms with E-state index in [0.717, 1.165) is 28.0 Å². The van der Waals surface area contributed by atoms with Gasteiger partial charge in [0, 0.05) is 17.3 Å². The fourth-order valence-electron chi connectivity index (χ4n) is 3.56. The van der Waals surface area contributed by atoms with Crippen molar-refractivity contribution in [2.45, 2.75) is 13.5 Å². The number of rotatable bonds is 5. The number of aromatic nitrogens is 5. The summed E-state index contributed by atoms with van der Waals surface area (Å²) < 4.78 is 3.66. The zero-order chi connectivity index (χ0) is 21.2. The van der Waals surface area contributed by atoms with Gasteiger partial charge in [0.15, 0.2) is 0 Å². The Balaban J connectivity index is 1.47.